The van der Waals surface area contributed by atoms with E-state index in [2.05, 4.69) is 5.10 Å². The van der Waals surface area contributed by atoms with Gasteiger partial charge in [-0.1, -0.05) is 17.7 Å². The van der Waals surface area contributed by atoms with Crippen LogP contribution in [0.2, 0.25) is 0 Å². The zero-order chi connectivity index (χ0) is 20.0. The van der Waals surface area contributed by atoms with Crippen molar-refractivity contribution < 1.29 is 18.2 Å². The molecule has 6 nitrogen and oxygen atoms in total. The van der Waals surface area contributed by atoms with E-state index < -0.39 is 21.2 Å². The molecule has 1 aliphatic rings. The molecule has 1 heterocycles. The summed E-state index contributed by atoms with van der Waals surface area (Å²) in [5.74, 6) is 0.250. The van der Waals surface area contributed by atoms with Crippen molar-refractivity contribution in [3.63, 3.8) is 0 Å². The van der Waals surface area contributed by atoms with Crippen molar-refractivity contribution >= 4 is 23.0 Å². The minimum absolute atomic E-state index is 0.197. The van der Waals surface area contributed by atoms with Gasteiger partial charge in [0.25, 0.3) is 10.0 Å². The summed E-state index contributed by atoms with van der Waals surface area (Å²) in [5.41, 5.74) is 0.436. The van der Waals surface area contributed by atoms with Crippen molar-refractivity contribution in [2.24, 2.45) is 0 Å². The second-order valence-electron chi connectivity index (χ2n) is 8.24. The summed E-state index contributed by atoms with van der Waals surface area (Å²) in [5, 5.41) is 14.6. The van der Waals surface area contributed by atoms with Gasteiger partial charge in [-0.05, 0) is 65.1 Å². The van der Waals surface area contributed by atoms with Crippen LogP contribution < -0.4 is 5.46 Å². The quantitative estimate of drug-likeness (QED) is 0.734. The van der Waals surface area contributed by atoms with Crippen LogP contribution in [0.1, 0.15) is 57.7 Å². The van der Waals surface area contributed by atoms with Gasteiger partial charge in [-0.15, -0.1) is 0 Å². The number of rotatable bonds is 7. The summed E-state index contributed by atoms with van der Waals surface area (Å²) >= 11 is 0. The lowest BCUT2D eigenvalue weighted by atomic mass is 9.82. The van der Waals surface area contributed by atoms with Gasteiger partial charge in [0.15, 0.2) is 0 Å². The predicted octanol–water partition coefficient (Wildman–Crippen LogP) is 2.12. The van der Waals surface area contributed by atoms with Crippen LogP contribution in [0.3, 0.4) is 0 Å². The fourth-order valence-corrected chi connectivity index (χ4v) is 3.58. The third kappa shape index (κ3) is 4.12. The number of aryl methyl sites for hydroxylation is 1. The van der Waals surface area contributed by atoms with E-state index in [-0.39, 0.29) is 10.8 Å². The van der Waals surface area contributed by atoms with Gasteiger partial charge in [0, 0.05) is 12.1 Å². The molecule has 8 heteroatoms. The highest BCUT2D eigenvalue weighted by Gasteiger charge is 2.37. The smallest absolute Gasteiger partial charge is 0.334 e. The number of nitrogens with zero attached hydrogens (tertiary/aromatic N) is 2. The fraction of sp³-hybridized carbons (Fsp3) is 0.526. The Kier molecular flexibility index (Phi) is 5.03. The van der Waals surface area contributed by atoms with Crippen LogP contribution >= 0.6 is 0 Å². The van der Waals surface area contributed by atoms with Crippen molar-refractivity contribution in [2.75, 3.05) is 0 Å². The number of aliphatic hydroxyl groups is 1. The Morgan fingerprint density at radius 3 is 2.30 bits per heavy atom. The molecule has 0 aliphatic heterocycles. The normalized spacial score (nSPS) is 15.8. The van der Waals surface area contributed by atoms with Gasteiger partial charge >= 0.3 is 7.48 Å². The van der Waals surface area contributed by atoms with Crippen LogP contribution in [0.15, 0.2) is 35.4 Å². The molecule has 3 rings (SSSR count). The molecular weight excluding hydrogens is 363 g/mol. The molecule has 27 heavy (non-hydrogen) atoms. The average Bonchev–Trinajstić information content (AvgIpc) is 3.31. The van der Waals surface area contributed by atoms with Crippen LogP contribution in [0.5, 0.6) is 0 Å². The lowest BCUT2D eigenvalue weighted by Crippen LogP contribution is -2.49. The second-order valence-corrected chi connectivity index (χ2v) is 10.0. The molecular formula is C19H26BN2O4S. The number of hydrogen-bond acceptors (Lipinski definition) is 5. The summed E-state index contributed by atoms with van der Waals surface area (Å²) < 4.78 is 32.7. The molecule has 1 fully saturated rings. The standard InChI is InChI=1S/C19H26BN2O4S/c1-13-6-10-15(11-7-13)27(24,25)22-12-16(17(21-22)14-8-9-14)20-26-19(4,5)18(2,3)23/h6-7,10-12,14,23H,8-9H2,1-5H3. The third-order valence-electron chi connectivity index (χ3n) is 5.23. The summed E-state index contributed by atoms with van der Waals surface area (Å²) in [6.07, 6.45) is 3.46. The Morgan fingerprint density at radius 2 is 1.78 bits per heavy atom. The van der Waals surface area contributed by atoms with Gasteiger partial charge in [-0.2, -0.15) is 17.6 Å². The molecule has 0 bridgehead atoms. The van der Waals surface area contributed by atoms with Crippen molar-refractivity contribution in [3.8, 4) is 0 Å². The van der Waals surface area contributed by atoms with Crippen LogP contribution in [0, 0.1) is 6.92 Å². The van der Waals surface area contributed by atoms with Crippen molar-refractivity contribution in [1.82, 2.24) is 9.19 Å². The number of benzene rings is 1. The summed E-state index contributed by atoms with van der Waals surface area (Å²) in [7, 11) is -2.25. The first-order chi connectivity index (χ1) is 12.4. The highest BCUT2D eigenvalue weighted by molar-refractivity contribution is 7.89. The molecule has 0 spiro atoms. The van der Waals surface area contributed by atoms with Crippen molar-refractivity contribution in [3.05, 3.63) is 41.7 Å². The molecule has 0 unspecified atom stereocenters. The Balaban J connectivity index is 1.91. The second kappa shape index (κ2) is 6.76. The lowest BCUT2D eigenvalue weighted by molar-refractivity contribution is -0.0893. The summed E-state index contributed by atoms with van der Waals surface area (Å²) in [6.45, 7) is 8.83. The average molecular weight is 389 g/mol. The summed E-state index contributed by atoms with van der Waals surface area (Å²) in [6, 6.07) is 6.70. The molecule has 1 aromatic heterocycles. The maximum atomic E-state index is 12.9. The van der Waals surface area contributed by atoms with Gasteiger partial charge in [-0.3, -0.25) is 0 Å². The molecule has 0 atom stereocenters. The van der Waals surface area contributed by atoms with E-state index >= 15 is 0 Å². The van der Waals surface area contributed by atoms with Crippen LogP contribution in [0.4, 0.5) is 0 Å². The van der Waals surface area contributed by atoms with Gasteiger partial charge in [0.1, 0.15) is 0 Å². The van der Waals surface area contributed by atoms with Crippen LogP contribution in [0.25, 0.3) is 0 Å². The molecule has 0 saturated heterocycles. The van der Waals surface area contributed by atoms with E-state index in [1.165, 1.54) is 13.7 Å². The molecule has 1 saturated carbocycles. The first kappa shape index (κ1) is 20.1. The van der Waals surface area contributed by atoms with Crippen LogP contribution in [-0.4, -0.2) is 41.4 Å². The van der Waals surface area contributed by atoms with E-state index in [0.717, 1.165) is 28.2 Å². The third-order valence-corrected chi connectivity index (χ3v) is 6.78. The highest BCUT2D eigenvalue weighted by Crippen LogP contribution is 2.38. The van der Waals surface area contributed by atoms with Crippen LogP contribution in [-0.2, 0) is 14.7 Å². The Bertz CT molecular complexity index is 924. The monoisotopic (exact) mass is 389 g/mol. The van der Waals surface area contributed by atoms with Gasteiger partial charge < -0.3 is 9.76 Å². The molecule has 1 N–H and O–H groups in total. The van der Waals surface area contributed by atoms with Gasteiger partial charge in [0.2, 0.25) is 0 Å². The fourth-order valence-electron chi connectivity index (χ4n) is 2.44. The Hall–Kier alpha value is -1.64. The highest BCUT2D eigenvalue weighted by atomic mass is 32.2. The van der Waals surface area contributed by atoms with Crippen molar-refractivity contribution in [1.29, 1.82) is 0 Å². The van der Waals surface area contributed by atoms with Gasteiger partial charge in [-0.25, -0.2) is 0 Å². The predicted molar refractivity (Wildman–Crippen MR) is 105 cm³/mol. The molecule has 1 aromatic carbocycles. The zero-order valence-corrected chi connectivity index (χ0v) is 17.2. The topological polar surface area (TPSA) is 81.4 Å². The minimum atomic E-state index is -3.76. The Labute approximate surface area is 161 Å². The number of aromatic nitrogens is 2. The molecule has 0 amide bonds. The maximum absolute atomic E-state index is 12.9. The van der Waals surface area contributed by atoms with Crippen molar-refractivity contribution in [2.45, 2.75) is 69.5 Å². The SMILES string of the molecule is Cc1ccc(S(=O)(=O)n2cc([B]OC(C)(C)C(C)(C)O)c(C3CC3)n2)cc1. The van der Waals surface area contributed by atoms with Gasteiger partial charge in [0.05, 0.1) is 21.8 Å². The first-order valence-electron chi connectivity index (χ1n) is 9.07. The molecule has 145 valence electrons. The van der Waals surface area contributed by atoms with E-state index in [1.54, 1.807) is 52.0 Å². The molecule has 2 aromatic rings. The lowest BCUT2D eigenvalue weighted by Gasteiger charge is -2.37. The first-order valence-corrected chi connectivity index (χ1v) is 10.5. The minimum Gasteiger partial charge on any atom is -0.426 e. The zero-order valence-electron chi connectivity index (χ0n) is 16.4. The van der Waals surface area contributed by atoms with E-state index in [9.17, 15) is 13.5 Å². The van der Waals surface area contributed by atoms with E-state index in [4.69, 9.17) is 4.65 Å². The number of hydrogen-bond donors (Lipinski definition) is 1. The molecule has 1 aliphatic carbocycles. The Morgan fingerprint density at radius 1 is 1.19 bits per heavy atom. The largest absolute Gasteiger partial charge is 0.426 e. The van der Waals surface area contributed by atoms with E-state index in [1.807, 2.05) is 6.92 Å². The maximum Gasteiger partial charge on any atom is 0.334 e. The van der Waals surface area contributed by atoms with E-state index in [0.29, 0.717) is 5.46 Å². The molecule has 1 radical (unpaired) electrons. The summed E-state index contributed by atoms with van der Waals surface area (Å²) in [4.78, 5) is 0.197.